The number of rotatable bonds is 1. The smallest absolute Gasteiger partial charge is 1.00 e. The van der Waals surface area contributed by atoms with Gasteiger partial charge >= 0.3 is 36.9 Å². The maximum Gasteiger partial charge on any atom is 1.00 e. The van der Waals surface area contributed by atoms with Crippen LogP contribution in [0.4, 0.5) is 0 Å². The van der Waals surface area contributed by atoms with Gasteiger partial charge < -0.3 is 16.1 Å². The second kappa shape index (κ2) is 5.94. The van der Waals surface area contributed by atoms with Crippen LogP contribution in [0.3, 0.4) is 0 Å². The zero-order chi connectivity index (χ0) is 4.28. The van der Waals surface area contributed by atoms with E-state index in [1.54, 1.807) is 0 Å². The Kier molecular flexibility index (Phi) is 9.95. The van der Waals surface area contributed by atoms with Gasteiger partial charge in [-0.2, -0.15) is 0 Å². The molecule has 0 heterocycles. The maximum absolute atomic E-state index is 7.69. The van der Waals surface area contributed by atoms with Gasteiger partial charge in [-0.05, 0) is 0 Å². The summed E-state index contributed by atoms with van der Waals surface area (Å²) in [6, 6.07) is 0. The van der Waals surface area contributed by atoms with Crippen LogP contribution in [-0.4, -0.2) is 24.5 Å². The molecule has 3 nitrogen and oxygen atoms in total. The Labute approximate surface area is 61.8 Å². The standard InChI is InChI=1S/CH5BO3.Na.H2.H/c1-5-2(3)4;;;/h3-4H,1H3;;1H;/q;+1;;-1. The quantitative estimate of drug-likeness (QED) is 0.331. The fraction of sp³-hybridized carbons (Fsp3) is 1.00. The Hall–Kier alpha value is 0.945. The molecule has 0 aromatic carbocycles. The molecule has 0 amide bonds. The number of hydrogen-bond acceptors (Lipinski definition) is 3. The molecule has 0 aliphatic carbocycles. The van der Waals surface area contributed by atoms with Crippen molar-refractivity contribution in [1.29, 1.82) is 0 Å². The molecule has 2 N–H and O–H groups in total. The van der Waals surface area contributed by atoms with E-state index >= 15 is 0 Å². The van der Waals surface area contributed by atoms with Crippen LogP contribution in [0.15, 0.2) is 0 Å². The average molecular weight is 102 g/mol. The second-order valence-electron chi connectivity index (χ2n) is 0.562. The van der Waals surface area contributed by atoms with Crippen LogP contribution in [0.5, 0.6) is 0 Å². The first kappa shape index (κ1) is 10.0. The van der Waals surface area contributed by atoms with Gasteiger partial charge in [-0.3, -0.25) is 0 Å². The van der Waals surface area contributed by atoms with Crippen molar-refractivity contribution in [2.24, 2.45) is 0 Å². The first-order valence-corrected chi connectivity index (χ1v) is 1.16. The van der Waals surface area contributed by atoms with Crippen LogP contribution in [0.2, 0.25) is 0 Å². The van der Waals surface area contributed by atoms with Gasteiger partial charge in [-0.25, -0.2) is 0 Å². The van der Waals surface area contributed by atoms with Crippen molar-refractivity contribution in [2.75, 3.05) is 7.11 Å². The fourth-order valence-corrected chi connectivity index (χ4v) is 0. The van der Waals surface area contributed by atoms with Crippen molar-refractivity contribution in [3.63, 3.8) is 0 Å². The van der Waals surface area contributed by atoms with Crippen molar-refractivity contribution in [2.45, 2.75) is 0 Å². The van der Waals surface area contributed by atoms with Crippen molar-refractivity contribution >= 4 is 7.32 Å². The average Bonchev–Trinajstić information content (AvgIpc) is 1.38. The Bertz CT molecular complexity index is 31.2. The third-order valence-corrected chi connectivity index (χ3v) is 0.211. The van der Waals surface area contributed by atoms with Crippen LogP contribution < -0.4 is 29.6 Å². The summed E-state index contributed by atoms with van der Waals surface area (Å²) in [5, 5.41) is 15.4. The van der Waals surface area contributed by atoms with Gasteiger partial charge in [0, 0.05) is 8.54 Å². The third kappa shape index (κ3) is 8.87. The zero-order valence-corrected chi connectivity index (χ0v) is 5.88. The summed E-state index contributed by atoms with van der Waals surface area (Å²) < 4.78 is 3.86. The van der Waals surface area contributed by atoms with Crippen molar-refractivity contribution in [1.82, 2.24) is 0 Å². The van der Waals surface area contributed by atoms with E-state index in [1.807, 2.05) is 0 Å². The zero-order valence-electron chi connectivity index (χ0n) is 4.88. The largest absolute Gasteiger partial charge is 1.00 e. The van der Waals surface area contributed by atoms with E-state index in [2.05, 4.69) is 4.65 Å². The minimum atomic E-state index is -1.62. The molecule has 0 aliphatic heterocycles. The molecule has 5 heteroatoms. The Morgan fingerprint density at radius 2 is 2.00 bits per heavy atom. The van der Waals surface area contributed by atoms with Crippen LogP contribution >= 0.6 is 0 Å². The van der Waals surface area contributed by atoms with Gasteiger partial charge in [0.15, 0.2) is 0 Å². The van der Waals surface area contributed by atoms with Gasteiger partial charge in [0.2, 0.25) is 0 Å². The first-order chi connectivity index (χ1) is 2.27. The van der Waals surface area contributed by atoms with E-state index in [0.29, 0.717) is 0 Å². The second-order valence-corrected chi connectivity index (χ2v) is 0.562. The van der Waals surface area contributed by atoms with Gasteiger partial charge in [-0.15, -0.1) is 0 Å². The van der Waals surface area contributed by atoms with Crippen LogP contribution in [0.1, 0.15) is 2.85 Å². The van der Waals surface area contributed by atoms with Crippen LogP contribution in [0, 0.1) is 0 Å². The molecule has 0 aromatic rings. The van der Waals surface area contributed by atoms with Gasteiger partial charge in [0.05, 0.1) is 0 Å². The topological polar surface area (TPSA) is 49.7 Å². The molecule has 0 fully saturated rings. The summed E-state index contributed by atoms with van der Waals surface area (Å²) in [5.41, 5.74) is 0. The molecule has 0 saturated carbocycles. The Morgan fingerprint density at radius 1 is 1.83 bits per heavy atom. The molecule has 0 bridgehead atoms. The maximum atomic E-state index is 7.69. The first-order valence-electron chi connectivity index (χ1n) is 1.16. The van der Waals surface area contributed by atoms with E-state index in [1.165, 1.54) is 7.11 Å². The van der Waals surface area contributed by atoms with Crippen molar-refractivity contribution < 1.29 is 47.1 Å². The summed E-state index contributed by atoms with van der Waals surface area (Å²) in [4.78, 5) is 0. The minimum Gasteiger partial charge on any atom is -1.00 e. The van der Waals surface area contributed by atoms with Gasteiger partial charge in [0.1, 0.15) is 0 Å². The molecular formula is CH8BNaO3. The summed E-state index contributed by atoms with van der Waals surface area (Å²) in [6.45, 7) is 0. The van der Waals surface area contributed by atoms with Gasteiger partial charge in [0.25, 0.3) is 0 Å². The van der Waals surface area contributed by atoms with E-state index < -0.39 is 7.32 Å². The molecule has 0 atom stereocenters. The monoisotopic (exact) mass is 102 g/mol. The molecule has 34 valence electrons. The van der Waals surface area contributed by atoms with E-state index in [-0.39, 0.29) is 32.4 Å². The van der Waals surface area contributed by atoms with E-state index in [0.717, 1.165) is 0 Å². The molecule has 6 heavy (non-hydrogen) atoms. The Balaban J connectivity index is -0.0000000267. The SMILES string of the molecule is COB(O)O.[H-].[HH].[Na+]. The molecule has 0 rings (SSSR count). The summed E-state index contributed by atoms with van der Waals surface area (Å²) >= 11 is 0. The van der Waals surface area contributed by atoms with E-state index in [9.17, 15) is 0 Å². The molecule has 0 radical (unpaired) electrons. The van der Waals surface area contributed by atoms with Crippen molar-refractivity contribution in [3.05, 3.63) is 0 Å². The summed E-state index contributed by atoms with van der Waals surface area (Å²) in [7, 11) is -0.417. The fourth-order valence-electron chi connectivity index (χ4n) is 0. The summed E-state index contributed by atoms with van der Waals surface area (Å²) in [5.74, 6) is 0. The molecular weight excluding hydrogens is 93.8 g/mol. The molecule has 0 saturated heterocycles. The molecule has 0 aliphatic rings. The minimum absolute atomic E-state index is 0. The van der Waals surface area contributed by atoms with Gasteiger partial charge in [-0.1, -0.05) is 0 Å². The number of hydrogen-bond donors (Lipinski definition) is 2. The Morgan fingerprint density at radius 3 is 2.00 bits per heavy atom. The van der Waals surface area contributed by atoms with Crippen LogP contribution in [0.25, 0.3) is 0 Å². The van der Waals surface area contributed by atoms with Crippen LogP contribution in [-0.2, 0) is 4.65 Å². The summed E-state index contributed by atoms with van der Waals surface area (Å²) in [6.07, 6.45) is 0. The third-order valence-electron chi connectivity index (χ3n) is 0.211. The molecule has 0 spiro atoms. The predicted octanol–water partition coefficient (Wildman–Crippen LogP) is -4.04. The van der Waals surface area contributed by atoms with Crippen molar-refractivity contribution in [3.8, 4) is 0 Å². The van der Waals surface area contributed by atoms with E-state index in [4.69, 9.17) is 10.0 Å². The molecule has 0 unspecified atom stereocenters. The normalized spacial score (nSPS) is 6.50. The molecule has 0 aromatic heterocycles. The predicted molar refractivity (Wildman–Crippen MR) is 20.4 cm³/mol.